The second-order valence-corrected chi connectivity index (χ2v) is 8.07. The molecular formula is C18H19ClN2O5S. The van der Waals surface area contributed by atoms with E-state index in [1.165, 1.54) is 25.3 Å². The summed E-state index contributed by atoms with van der Waals surface area (Å²) in [5.74, 6) is 0.751. The van der Waals surface area contributed by atoms with Crippen LogP contribution in [-0.4, -0.2) is 41.1 Å². The molecular weight excluding hydrogens is 392 g/mol. The third-order valence-corrected chi connectivity index (χ3v) is 6.09. The highest BCUT2D eigenvalue weighted by Gasteiger charge is 2.35. The zero-order valence-corrected chi connectivity index (χ0v) is 16.4. The molecule has 1 aliphatic rings. The predicted octanol–water partition coefficient (Wildman–Crippen LogP) is 2.44. The van der Waals surface area contributed by atoms with Crippen LogP contribution in [0.25, 0.3) is 0 Å². The van der Waals surface area contributed by atoms with Gasteiger partial charge in [-0.1, -0.05) is 11.6 Å². The first-order chi connectivity index (χ1) is 12.9. The third-order valence-electron chi connectivity index (χ3n) is 4.32. The number of carbonyl (C=O) groups excluding carboxylic acids is 1. The normalized spacial score (nSPS) is 17.2. The van der Waals surface area contributed by atoms with Gasteiger partial charge in [0.25, 0.3) is 0 Å². The number of carbonyl (C=O) groups is 1. The van der Waals surface area contributed by atoms with E-state index in [1.807, 2.05) is 0 Å². The van der Waals surface area contributed by atoms with Gasteiger partial charge >= 0.3 is 0 Å². The largest absolute Gasteiger partial charge is 0.497 e. The van der Waals surface area contributed by atoms with Crippen LogP contribution >= 0.6 is 11.6 Å². The van der Waals surface area contributed by atoms with Crippen LogP contribution in [0.5, 0.6) is 11.5 Å². The van der Waals surface area contributed by atoms with Gasteiger partial charge in [0, 0.05) is 12.2 Å². The zero-order chi connectivity index (χ0) is 19.6. The Balaban J connectivity index is 1.75. The first-order valence-electron chi connectivity index (χ1n) is 8.17. The summed E-state index contributed by atoms with van der Waals surface area (Å²) in [6.07, 6.45) is 0.369. The summed E-state index contributed by atoms with van der Waals surface area (Å²) in [5.41, 5.74) is 0.690. The molecule has 1 fully saturated rings. The fraction of sp³-hybridized carbons (Fsp3) is 0.278. The van der Waals surface area contributed by atoms with Gasteiger partial charge in [-0.25, -0.2) is 8.42 Å². The Morgan fingerprint density at radius 1 is 1.11 bits per heavy atom. The van der Waals surface area contributed by atoms with E-state index in [0.29, 0.717) is 30.2 Å². The van der Waals surface area contributed by atoms with Gasteiger partial charge in [0.2, 0.25) is 15.9 Å². The van der Waals surface area contributed by atoms with Gasteiger partial charge in [-0.05, 0) is 48.9 Å². The molecule has 144 valence electrons. The number of ether oxygens (including phenoxy) is 2. The van der Waals surface area contributed by atoms with Gasteiger partial charge in [0.05, 0.1) is 24.1 Å². The van der Waals surface area contributed by atoms with Crippen LogP contribution < -0.4 is 19.1 Å². The fourth-order valence-electron chi connectivity index (χ4n) is 2.88. The maximum absolute atomic E-state index is 12.7. The number of nitrogens with zero attached hydrogens (tertiary/aromatic N) is 1. The van der Waals surface area contributed by atoms with Gasteiger partial charge in [0.15, 0.2) is 0 Å². The fourth-order valence-corrected chi connectivity index (χ4v) is 4.45. The number of halogens is 1. The molecule has 1 N–H and O–H groups in total. The van der Waals surface area contributed by atoms with Crippen molar-refractivity contribution in [2.24, 2.45) is 0 Å². The van der Waals surface area contributed by atoms with Crippen molar-refractivity contribution in [2.45, 2.75) is 17.4 Å². The number of amides is 1. The number of sulfonamides is 1. The van der Waals surface area contributed by atoms with E-state index in [4.69, 9.17) is 21.1 Å². The quantitative estimate of drug-likeness (QED) is 0.790. The van der Waals surface area contributed by atoms with E-state index in [2.05, 4.69) is 4.72 Å². The molecule has 1 heterocycles. The Morgan fingerprint density at radius 2 is 1.81 bits per heavy atom. The Bertz CT molecular complexity index is 947. The number of anilines is 1. The monoisotopic (exact) mass is 410 g/mol. The first-order valence-corrected chi connectivity index (χ1v) is 10.0. The molecule has 1 aliphatic heterocycles. The summed E-state index contributed by atoms with van der Waals surface area (Å²) in [6.45, 7) is 0.418. The molecule has 0 unspecified atom stereocenters. The van der Waals surface area contributed by atoms with E-state index in [0.717, 1.165) is 0 Å². The molecule has 0 radical (unpaired) electrons. The van der Waals surface area contributed by atoms with E-state index < -0.39 is 16.1 Å². The zero-order valence-electron chi connectivity index (χ0n) is 14.8. The molecule has 1 atom stereocenters. The van der Waals surface area contributed by atoms with Gasteiger partial charge in [-0.15, -0.1) is 0 Å². The minimum Gasteiger partial charge on any atom is -0.497 e. The summed E-state index contributed by atoms with van der Waals surface area (Å²) >= 11 is 6.01. The topological polar surface area (TPSA) is 84.9 Å². The van der Waals surface area contributed by atoms with E-state index in [-0.39, 0.29) is 15.8 Å². The lowest BCUT2D eigenvalue weighted by molar-refractivity contribution is -0.118. The molecule has 3 rings (SSSR count). The van der Waals surface area contributed by atoms with E-state index in [1.54, 1.807) is 36.3 Å². The molecule has 1 saturated heterocycles. The van der Waals surface area contributed by atoms with Crippen LogP contribution in [0.4, 0.5) is 5.69 Å². The number of rotatable bonds is 6. The highest BCUT2D eigenvalue weighted by molar-refractivity contribution is 7.89. The molecule has 0 aliphatic carbocycles. The lowest BCUT2D eigenvalue weighted by Gasteiger charge is -2.18. The lowest BCUT2D eigenvalue weighted by Crippen LogP contribution is -2.41. The maximum Gasteiger partial charge on any atom is 0.245 e. The molecule has 0 spiro atoms. The number of methoxy groups -OCH3 is 2. The van der Waals surface area contributed by atoms with Crippen LogP contribution in [0.2, 0.25) is 5.02 Å². The van der Waals surface area contributed by atoms with Crippen molar-refractivity contribution in [3.63, 3.8) is 0 Å². The summed E-state index contributed by atoms with van der Waals surface area (Å²) in [5, 5.41) is 0.179. The van der Waals surface area contributed by atoms with Crippen molar-refractivity contribution >= 4 is 33.2 Å². The second-order valence-electron chi connectivity index (χ2n) is 5.95. The Labute approximate surface area is 162 Å². The maximum atomic E-state index is 12.7. The first kappa shape index (κ1) is 19.5. The Kier molecular flexibility index (Phi) is 5.59. The molecule has 2 aromatic carbocycles. The van der Waals surface area contributed by atoms with Gasteiger partial charge in [-0.2, -0.15) is 4.72 Å². The minimum absolute atomic E-state index is 0.0241. The van der Waals surface area contributed by atoms with Crippen molar-refractivity contribution in [3.05, 3.63) is 47.5 Å². The molecule has 9 heteroatoms. The smallest absolute Gasteiger partial charge is 0.245 e. The summed E-state index contributed by atoms with van der Waals surface area (Å²) in [6, 6.07) is 10.3. The highest BCUT2D eigenvalue weighted by atomic mass is 35.5. The summed E-state index contributed by atoms with van der Waals surface area (Å²) in [4.78, 5) is 14.2. The highest BCUT2D eigenvalue weighted by Crippen LogP contribution is 2.28. The molecule has 0 aromatic heterocycles. The van der Waals surface area contributed by atoms with Crippen LogP contribution in [0, 0.1) is 0 Å². The van der Waals surface area contributed by atoms with Crippen LogP contribution in [0.3, 0.4) is 0 Å². The Morgan fingerprint density at radius 3 is 2.41 bits per heavy atom. The van der Waals surface area contributed by atoms with Crippen LogP contribution in [0.1, 0.15) is 6.42 Å². The molecule has 1 amide bonds. The standard InChI is InChI=1S/C18H19ClN2O5S/c1-25-13-5-3-12(4-6-13)21-10-9-16(18(21)22)20-27(23,24)14-7-8-17(26-2)15(19)11-14/h3-8,11,16,20H,9-10H2,1-2H3/t16-/m0/s1. The summed E-state index contributed by atoms with van der Waals surface area (Å²) < 4.78 is 37.8. The van der Waals surface area contributed by atoms with Crippen LogP contribution in [0.15, 0.2) is 47.4 Å². The van der Waals surface area contributed by atoms with Crippen LogP contribution in [-0.2, 0) is 14.8 Å². The number of benzene rings is 2. The van der Waals surface area contributed by atoms with Gasteiger partial charge in [-0.3, -0.25) is 4.79 Å². The van der Waals surface area contributed by atoms with Crippen molar-refractivity contribution in [2.75, 3.05) is 25.7 Å². The molecule has 0 saturated carbocycles. The van der Waals surface area contributed by atoms with Gasteiger partial charge in [0.1, 0.15) is 17.5 Å². The predicted molar refractivity (Wildman–Crippen MR) is 102 cm³/mol. The molecule has 0 bridgehead atoms. The Hall–Kier alpha value is -2.29. The number of nitrogens with one attached hydrogen (secondary N) is 1. The van der Waals surface area contributed by atoms with E-state index >= 15 is 0 Å². The number of hydrogen-bond acceptors (Lipinski definition) is 5. The summed E-state index contributed by atoms with van der Waals surface area (Å²) in [7, 11) is -0.893. The SMILES string of the molecule is COc1ccc(N2CC[C@H](NS(=O)(=O)c3ccc(OC)c(Cl)c3)C2=O)cc1. The molecule has 2 aromatic rings. The molecule has 7 nitrogen and oxygen atoms in total. The second kappa shape index (κ2) is 7.75. The third kappa shape index (κ3) is 4.02. The van der Waals surface area contributed by atoms with Gasteiger partial charge < -0.3 is 14.4 Å². The minimum atomic E-state index is -3.90. The average molecular weight is 411 g/mol. The average Bonchev–Trinajstić information content (AvgIpc) is 3.01. The van der Waals surface area contributed by atoms with E-state index in [9.17, 15) is 13.2 Å². The number of hydrogen-bond donors (Lipinski definition) is 1. The van der Waals surface area contributed by atoms with Crippen molar-refractivity contribution in [3.8, 4) is 11.5 Å². The van der Waals surface area contributed by atoms with Crippen molar-refractivity contribution in [1.29, 1.82) is 0 Å². The lowest BCUT2D eigenvalue weighted by atomic mass is 10.2. The van der Waals surface area contributed by atoms with Crippen molar-refractivity contribution < 1.29 is 22.7 Å². The van der Waals surface area contributed by atoms with Crippen molar-refractivity contribution in [1.82, 2.24) is 4.72 Å². The molecule has 27 heavy (non-hydrogen) atoms.